The molecule has 6 nitrogen and oxygen atoms in total. The second kappa shape index (κ2) is 21.3. The van der Waals surface area contributed by atoms with Crippen LogP contribution in [0.4, 0.5) is 22.7 Å². The van der Waals surface area contributed by atoms with Crippen molar-refractivity contribution in [3.8, 4) is 73.3 Å². The Kier molecular flexibility index (Phi) is 9.86. The van der Waals surface area contributed by atoms with Gasteiger partial charge in [0.05, 0.1) is 48.7 Å². The van der Waals surface area contributed by atoms with E-state index in [1.807, 2.05) is 117 Å². The van der Waals surface area contributed by atoms with Gasteiger partial charge in [0.1, 0.15) is 35.5 Å². The third-order valence-electron chi connectivity index (χ3n) is 15.5. The topological polar surface area (TPSA) is 42.8 Å². The number of fused-ring (bicyclic) bond motifs is 4. The van der Waals surface area contributed by atoms with E-state index in [2.05, 4.69) is 86.6 Å². The quantitative estimate of drug-likeness (QED) is 0.129. The highest BCUT2D eigenvalue weighted by molar-refractivity contribution is 6.09. The van der Waals surface area contributed by atoms with Gasteiger partial charge in [0.25, 0.3) is 0 Å². The Hall–Kier alpha value is -9.65. The summed E-state index contributed by atoms with van der Waals surface area (Å²) in [6.45, 7) is 19.3. The fraction of sp³-hybridized carbons (Fsp3) is 0.167. The number of aromatic nitrogens is 2. The SMILES string of the molecule is [2H]c1c([2H])c([2H])c(-c2cc(C(C)(C)C)cc(-c3cc(C(C)(C)C)cc(C(C)(C)C)c3)c2Oc2ccnc(-n3c4ccccc4c4ccc(Oc5cccc(N6CN(c7c(-c8c([2H])c([2H])c([2H])c([2H])c8[2H])cccc7-c7c([2H])c([2H])c([2H])c([2H])c7[2H])c7ccccc76)c5)cc43)c2)c([2H])c1[2H]. The van der Waals surface area contributed by atoms with E-state index in [0.717, 1.165) is 44.1 Å². The fourth-order valence-electron chi connectivity index (χ4n) is 11.1. The number of ether oxygens (including phenoxy) is 2. The second-order valence-corrected chi connectivity index (χ2v) is 24.2. The molecule has 6 heteroatoms. The molecule has 2 aromatic heterocycles. The van der Waals surface area contributed by atoms with Gasteiger partial charge in [-0.05, 0) is 116 Å². The molecule has 0 amide bonds. The monoisotopic (exact) mass is 1110 g/mol. The largest absolute Gasteiger partial charge is 0.457 e. The molecule has 1 aliphatic heterocycles. The minimum atomic E-state index is -0.580. The van der Waals surface area contributed by atoms with Gasteiger partial charge in [-0.25, -0.2) is 4.98 Å². The van der Waals surface area contributed by atoms with Gasteiger partial charge in [0.2, 0.25) is 0 Å². The fourth-order valence-corrected chi connectivity index (χ4v) is 11.1. The van der Waals surface area contributed by atoms with Crippen molar-refractivity contribution in [2.45, 2.75) is 78.6 Å². The van der Waals surface area contributed by atoms with Crippen molar-refractivity contribution < 1.29 is 30.0 Å². The van der Waals surface area contributed by atoms with Crippen molar-refractivity contribution in [2.75, 3.05) is 16.5 Å². The van der Waals surface area contributed by atoms with Crippen molar-refractivity contribution in [1.82, 2.24) is 9.55 Å². The number of hydrogen-bond donors (Lipinski definition) is 0. The summed E-state index contributed by atoms with van der Waals surface area (Å²) in [5, 5.41) is 1.84. The summed E-state index contributed by atoms with van der Waals surface area (Å²) in [6, 6.07) is 40.3. The van der Waals surface area contributed by atoms with Crippen molar-refractivity contribution in [2.24, 2.45) is 0 Å². The maximum atomic E-state index is 9.38. The number of hydrogen-bond acceptors (Lipinski definition) is 5. The van der Waals surface area contributed by atoms with Gasteiger partial charge in [-0.2, -0.15) is 0 Å². The Balaban J connectivity index is 0.916. The molecule has 13 rings (SSSR count). The zero-order valence-electron chi connectivity index (χ0n) is 63.3. The van der Waals surface area contributed by atoms with Crippen LogP contribution in [-0.2, 0) is 16.2 Å². The predicted octanol–water partition coefficient (Wildman–Crippen LogP) is 21.6. The van der Waals surface area contributed by atoms with Crippen LogP contribution in [-0.4, -0.2) is 16.2 Å². The second-order valence-electron chi connectivity index (χ2n) is 24.2. The van der Waals surface area contributed by atoms with Gasteiger partial charge < -0.3 is 19.3 Å². The van der Waals surface area contributed by atoms with Gasteiger partial charge in [0, 0.05) is 63.1 Å². The number of anilines is 4. The van der Waals surface area contributed by atoms with Gasteiger partial charge in [0.15, 0.2) is 0 Å². The third kappa shape index (κ3) is 10.3. The summed E-state index contributed by atoms with van der Waals surface area (Å²) < 4.78 is 149. The maximum absolute atomic E-state index is 9.38. The van der Waals surface area contributed by atoms with Gasteiger partial charge in [-0.1, -0.05) is 226 Å². The standard InChI is InChI=1S/C78H70N4O2/c1-76(2,3)56-43-55(44-57(45-56)77(4,5)6)68-47-58(78(7,8)9)46-67(54-29-17-12-18-30-54)75(68)84-62-41-42-79-73(50-62)82-69-36-20-19-33-65(69)66-40-39-61(49-72(66)82)83-60-32-23-31-59(48-60)80-51-81(71-38-22-21-37-70(71)80)74-63(52-25-13-10-14-26-52)34-24-35-64(74)53-27-15-11-16-28-53/h10-50H,51H2,1-9H3/i10D,11D,12D,13D,14D,15D,16D,17D,18D,25D,26D,27D,28D,29D,30D. The first kappa shape index (κ1) is 38.9. The van der Waals surface area contributed by atoms with Crippen molar-refractivity contribution in [3.63, 3.8) is 0 Å². The van der Waals surface area contributed by atoms with E-state index in [-0.39, 0.29) is 63.1 Å². The molecule has 10 aromatic carbocycles. The maximum Gasteiger partial charge on any atom is 0.143 e. The first-order chi connectivity index (χ1) is 46.7. The molecule has 0 unspecified atom stereocenters. The van der Waals surface area contributed by atoms with Gasteiger partial charge >= 0.3 is 0 Å². The number of benzene rings is 10. The van der Waals surface area contributed by atoms with Crippen LogP contribution in [0, 0.1) is 0 Å². The lowest BCUT2D eigenvalue weighted by Gasteiger charge is -2.28. The van der Waals surface area contributed by atoms with Crippen LogP contribution >= 0.6 is 0 Å². The van der Waals surface area contributed by atoms with Gasteiger partial charge in [-0.3, -0.25) is 4.57 Å². The van der Waals surface area contributed by atoms with E-state index in [0.29, 0.717) is 57.0 Å². The van der Waals surface area contributed by atoms with E-state index in [9.17, 15) is 2.74 Å². The summed E-state index contributed by atoms with van der Waals surface area (Å²) in [7, 11) is 0. The molecule has 0 aliphatic carbocycles. The highest BCUT2D eigenvalue weighted by atomic mass is 16.5. The molecule has 3 heterocycles. The molecular weight excluding hydrogens is 1020 g/mol. The van der Waals surface area contributed by atoms with Crippen LogP contribution in [0.25, 0.3) is 72.1 Å². The van der Waals surface area contributed by atoms with Crippen LogP contribution in [0.2, 0.25) is 0 Å². The van der Waals surface area contributed by atoms with E-state index in [1.54, 1.807) is 30.5 Å². The molecule has 1 aliphatic rings. The molecule has 0 atom stereocenters. The van der Waals surface area contributed by atoms with Crippen molar-refractivity contribution in [3.05, 3.63) is 265 Å². The molecule has 0 bridgehead atoms. The normalized spacial score (nSPS) is 15.2. The third-order valence-corrected chi connectivity index (χ3v) is 15.5. The lowest BCUT2D eigenvalue weighted by molar-refractivity contribution is 0.483. The van der Waals surface area contributed by atoms with Gasteiger partial charge in [-0.15, -0.1) is 0 Å². The Morgan fingerprint density at radius 1 is 0.405 bits per heavy atom. The highest BCUT2D eigenvalue weighted by Crippen LogP contribution is 2.51. The molecule has 0 radical (unpaired) electrons. The van der Waals surface area contributed by atoms with Crippen molar-refractivity contribution >= 4 is 44.6 Å². The van der Waals surface area contributed by atoms with E-state index in [1.165, 1.54) is 0 Å². The van der Waals surface area contributed by atoms with E-state index in [4.69, 9.17) is 32.3 Å². The molecule has 0 fully saturated rings. The molecule has 414 valence electrons. The Morgan fingerprint density at radius 2 is 0.917 bits per heavy atom. The smallest absolute Gasteiger partial charge is 0.143 e. The Morgan fingerprint density at radius 3 is 1.54 bits per heavy atom. The number of nitrogens with zero attached hydrogens (tertiary/aromatic N) is 4. The molecule has 0 saturated carbocycles. The predicted molar refractivity (Wildman–Crippen MR) is 351 cm³/mol. The molecule has 0 spiro atoms. The molecule has 0 N–H and O–H groups in total. The summed E-state index contributed by atoms with van der Waals surface area (Å²) in [6.07, 6.45) is 1.66. The number of pyridine rings is 1. The molecular formula is C78H70N4O2. The van der Waals surface area contributed by atoms with E-state index < -0.39 is 84.0 Å². The Labute approximate surface area is 516 Å². The average Bonchev–Trinajstić information content (AvgIpc) is 1.73. The van der Waals surface area contributed by atoms with Crippen LogP contribution in [0.15, 0.2) is 248 Å². The minimum Gasteiger partial charge on any atom is -0.457 e. The lowest BCUT2D eigenvalue weighted by atomic mass is 9.77. The summed E-state index contributed by atoms with van der Waals surface area (Å²) in [5.41, 5.74) is 7.82. The molecule has 0 saturated heterocycles. The molecule has 84 heavy (non-hydrogen) atoms. The number of rotatable bonds is 11. The summed E-state index contributed by atoms with van der Waals surface area (Å²) in [4.78, 5) is 8.86. The zero-order valence-corrected chi connectivity index (χ0v) is 48.3. The first-order valence-corrected chi connectivity index (χ1v) is 28.0. The Bertz CT molecular complexity index is 5150. The van der Waals surface area contributed by atoms with Crippen LogP contribution in [0.3, 0.4) is 0 Å². The van der Waals surface area contributed by atoms with Crippen LogP contribution in [0.1, 0.15) is 99.6 Å². The summed E-state index contributed by atoms with van der Waals surface area (Å²) in [5.74, 6) is 2.09. The van der Waals surface area contributed by atoms with Crippen LogP contribution in [0.5, 0.6) is 23.0 Å². The van der Waals surface area contributed by atoms with Crippen LogP contribution < -0.4 is 19.3 Å². The minimum absolute atomic E-state index is 0.00794. The molecule has 12 aromatic rings. The first-order valence-electron chi connectivity index (χ1n) is 35.5. The zero-order chi connectivity index (χ0) is 71.0. The number of para-hydroxylation sites is 4. The van der Waals surface area contributed by atoms with E-state index >= 15 is 0 Å². The lowest BCUT2D eigenvalue weighted by Crippen LogP contribution is -2.24. The average molecular weight is 1110 g/mol. The van der Waals surface area contributed by atoms with Crippen molar-refractivity contribution in [1.29, 1.82) is 0 Å². The summed E-state index contributed by atoms with van der Waals surface area (Å²) >= 11 is 0. The highest BCUT2D eigenvalue weighted by Gasteiger charge is 2.32.